The predicted octanol–water partition coefficient (Wildman–Crippen LogP) is 0.767. The maximum Gasteiger partial charge on any atom is 0.273 e. The highest BCUT2D eigenvalue weighted by molar-refractivity contribution is 7.13. The van der Waals surface area contributed by atoms with Crippen molar-refractivity contribution in [3.05, 3.63) is 29.3 Å². The van der Waals surface area contributed by atoms with Gasteiger partial charge < -0.3 is 25.6 Å². The van der Waals surface area contributed by atoms with Gasteiger partial charge in [-0.15, -0.1) is 11.3 Å². The minimum Gasteiger partial charge on any atom is -0.382 e. The lowest BCUT2D eigenvalue weighted by molar-refractivity contribution is -0.127. The Bertz CT molecular complexity index is 802. The van der Waals surface area contributed by atoms with Gasteiger partial charge in [-0.05, 0) is 30.8 Å². The normalized spacial score (nSPS) is 16.4. The number of piperazine rings is 1. The van der Waals surface area contributed by atoms with E-state index >= 15 is 0 Å². The lowest BCUT2D eigenvalue weighted by atomic mass is 10.2. The molecule has 1 aliphatic heterocycles. The van der Waals surface area contributed by atoms with Crippen molar-refractivity contribution >= 4 is 23.2 Å². The van der Waals surface area contributed by atoms with Crippen molar-refractivity contribution in [2.75, 3.05) is 45.8 Å². The smallest absolute Gasteiger partial charge is 0.273 e. The maximum atomic E-state index is 12.2. The van der Waals surface area contributed by atoms with Crippen molar-refractivity contribution in [2.45, 2.75) is 25.4 Å². The first-order valence-electron chi connectivity index (χ1n) is 10.2. The summed E-state index contributed by atoms with van der Waals surface area (Å²) in [6, 6.07) is 5.52. The van der Waals surface area contributed by atoms with Crippen LogP contribution in [0.3, 0.4) is 0 Å². The second kappa shape index (κ2) is 11.2. The molecule has 0 bridgehead atoms. The van der Waals surface area contributed by atoms with Gasteiger partial charge in [0.05, 0.1) is 4.88 Å². The summed E-state index contributed by atoms with van der Waals surface area (Å²) in [5.41, 5.74) is 5.40. The van der Waals surface area contributed by atoms with Crippen LogP contribution in [-0.2, 0) is 4.79 Å². The number of aliphatic hydroxyl groups is 1. The number of aliphatic hydroxyl groups excluding tert-OH is 1. The molecule has 1 fully saturated rings. The highest BCUT2D eigenvalue weighted by atomic mass is 32.1. The molecule has 0 radical (unpaired) electrons. The molecule has 0 aliphatic carbocycles. The number of β-amino-alcohol motifs (C(OH)–C–C–N with tert-alkyl or cyclic N) is 1. The molecule has 0 saturated carbocycles. The number of aromatic nitrogens is 1. The standard InChI is InChI=1S/C20H29N5O4S/c21-19(27)16(26)14-25-10-8-24(9-11-25)7-3-1-2-6-22-20(28)15-13-17(29-23-15)18-5-4-12-30-18/h4-5,12-13,16,26H,1-3,6-11,14H2,(H2,21,27)(H,22,28)/t16-/m1/s1. The Hall–Kier alpha value is -2.27. The first-order chi connectivity index (χ1) is 14.5. The quantitative estimate of drug-likeness (QED) is 0.445. The summed E-state index contributed by atoms with van der Waals surface area (Å²) < 4.78 is 5.24. The molecule has 1 aliphatic rings. The van der Waals surface area contributed by atoms with Gasteiger partial charge in [0.15, 0.2) is 11.5 Å². The fourth-order valence-corrected chi connectivity index (χ4v) is 4.05. The zero-order valence-corrected chi connectivity index (χ0v) is 17.8. The summed E-state index contributed by atoms with van der Waals surface area (Å²) in [6.45, 7) is 5.41. The summed E-state index contributed by atoms with van der Waals surface area (Å²) >= 11 is 1.54. The molecule has 3 rings (SSSR count). The Morgan fingerprint density at radius 3 is 2.70 bits per heavy atom. The van der Waals surface area contributed by atoms with Crippen molar-refractivity contribution in [2.24, 2.45) is 5.73 Å². The Labute approximate surface area is 179 Å². The predicted molar refractivity (Wildman–Crippen MR) is 114 cm³/mol. The Morgan fingerprint density at radius 2 is 2.00 bits per heavy atom. The number of nitrogens with two attached hydrogens (primary N) is 1. The number of carbonyl (C=O) groups excluding carboxylic acids is 2. The number of thiophene rings is 1. The molecular formula is C20H29N5O4S. The molecule has 0 unspecified atom stereocenters. The van der Waals surface area contributed by atoms with Gasteiger partial charge in [-0.25, -0.2) is 0 Å². The molecule has 2 amide bonds. The third-order valence-corrected chi connectivity index (χ3v) is 6.05. The Kier molecular flexibility index (Phi) is 8.38. The van der Waals surface area contributed by atoms with Crippen LogP contribution in [0.15, 0.2) is 28.1 Å². The number of primary amides is 1. The third-order valence-electron chi connectivity index (χ3n) is 5.17. The van der Waals surface area contributed by atoms with E-state index in [1.165, 1.54) is 0 Å². The molecule has 0 aromatic carbocycles. The number of rotatable bonds is 11. The van der Waals surface area contributed by atoms with Crippen LogP contribution in [0.1, 0.15) is 29.8 Å². The van der Waals surface area contributed by atoms with Gasteiger partial charge >= 0.3 is 0 Å². The average Bonchev–Trinajstić information content (AvgIpc) is 3.43. The zero-order chi connectivity index (χ0) is 21.3. The summed E-state index contributed by atoms with van der Waals surface area (Å²) in [7, 11) is 0. The van der Waals surface area contributed by atoms with Crippen molar-refractivity contribution < 1.29 is 19.2 Å². The lowest BCUT2D eigenvalue weighted by Crippen LogP contribution is -2.50. The summed E-state index contributed by atoms with van der Waals surface area (Å²) in [6.07, 6.45) is 1.91. The topological polar surface area (TPSA) is 125 Å². The Morgan fingerprint density at radius 1 is 1.23 bits per heavy atom. The number of amides is 2. The van der Waals surface area contributed by atoms with E-state index in [0.717, 1.165) is 56.9 Å². The Balaban J connectivity index is 1.24. The summed E-state index contributed by atoms with van der Waals surface area (Å²) in [5.74, 6) is -0.272. The van der Waals surface area contributed by atoms with Crippen LogP contribution in [0.2, 0.25) is 0 Å². The highest BCUT2D eigenvalue weighted by Crippen LogP contribution is 2.25. The van der Waals surface area contributed by atoms with Crippen molar-refractivity contribution in [1.29, 1.82) is 0 Å². The van der Waals surface area contributed by atoms with E-state index in [0.29, 0.717) is 24.5 Å². The fraction of sp³-hybridized carbons (Fsp3) is 0.550. The minimum absolute atomic E-state index is 0.212. The zero-order valence-electron chi connectivity index (χ0n) is 17.0. The van der Waals surface area contributed by atoms with E-state index in [1.807, 2.05) is 17.5 Å². The number of hydrogen-bond donors (Lipinski definition) is 3. The van der Waals surface area contributed by atoms with Crippen LogP contribution in [0.4, 0.5) is 0 Å². The summed E-state index contributed by atoms with van der Waals surface area (Å²) in [4.78, 5) is 28.5. The molecule has 164 valence electrons. The first kappa shape index (κ1) is 22.4. The van der Waals surface area contributed by atoms with Crippen molar-refractivity contribution in [3.63, 3.8) is 0 Å². The molecule has 3 heterocycles. The second-order valence-corrected chi connectivity index (χ2v) is 8.38. The van der Waals surface area contributed by atoms with E-state index in [9.17, 15) is 14.7 Å². The number of unbranched alkanes of at least 4 members (excludes halogenated alkanes) is 2. The number of carbonyl (C=O) groups is 2. The van der Waals surface area contributed by atoms with Crippen LogP contribution in [0.25, 0.3) is 10.6 Å². The molecule has 4 N–H and O–H groups in total. The van der Waals surface area contributed by atoms with Crippen molar-refractivity contribution in [1.82, 2.24) is 20.3 Å². The van der Waals surface area contributed by atoms with Crippen molar-refractivity contribution in [3.8, 4) is 10.6 Å². The van der Waals surface area contributed by atoms with Crippen LogP contribution in [-0.4, -0.2) is 83.8 Å². The van der Waals surface area contributed by atoms with E-state index in [1.54, 1.807) is 17.4 Å². The number of nitrogens with zero attached hydrogens (tertiary/aromatic N) is 3. The molecular weight excluding hydrogens is 406 g/mol. The monoisotopic (exact) mass is 435 g/mol. The highest BCUT2D eigenvalue weighted by Gasteiger charge is 2.21. The number of hydrogen-bond acceptors (Lipinski definition) is 8. The molecule has 9 nitrogen and oxygen atoms in total. The first-order valence-corrected chi connectivity index (χ1v) is 11.1. The number of nitrogens with one attached hydrogen (secondary N) is 1. The SMILES string of the molecule is NC(=O)[C@H](O)CN1CCN(CCCCCNC(=O)c2cc(-c3cccs3)on2)CC1. The molecule has 2 aromatic heterocycles. The van der Waals surface area contributed by atoms with Crippen LogP contribution in [0.5, 0.6) is 0 Å². The van der Waals surface area contributed by atoms with E-state index < -0.39 is 12.0 Å². The fourth-order valence-electron chi connectivity index (χ4n) is 3.38. The molecule has 10 heteroatoms. The second-order valence-electron chi connectivity index (χ2n) is 7.43. The van der Waals surface area contributed by atoms with Gasteiger partial charge in [0.2, 0.25) is 5.91 Å². The van der Waals surface area contributed by atoms with Crippen LogP contribution < -0.4 is 11.1 Å². The average molecular weight is 436 g/mol. The van der Waals surface area contributed by atoms with Gasteiger partial charge in [0.1, 0.15) is 6.10 Å². The molecule has 1 atom stereocenters. The maximum absolute atomic E-state index is 12.2. The molecule has 2 aromatic rings. The summed E-state index contributed by atoms with van der Waals surface area (Å²) in [5, 5.41) is 18.2. The van der Waals surface area contributed by atoms with E-state index in [2.05, 4.69) is 20.3 Å². The van der Waals surface area contributed by atoms with Gasteiger partial charge in [-0.2, -0.15) is 0 Å². The molecule has 30 heavy (non-hydrogen) atoms. The van der Waals surface area contributed by atoms with E-state index in [-0.39, 0.29) is 5.91 Å². The largest absolute Gasteiger partial charge is 0.382 e. The molecule has 1 saturated heterocycles. The van der Waals surface area contributed by atoms with Gasteiger partial charge in [-0.3, -0.25) is 14.5 Å². The van der Waals surface area contributed by atoms with Crippen LogP contribution >= 0.6 is 11.3 Å². The van der Waals surface area contributed by atoms with Crippen LogP contribution in [0, 0.1) is 0 Å². The minimum atomic E-state index is -1.09. The third kappa shape index (κ3) is 6.63. The van der Waals surface area contributed by atoms with Gasteiger partial charge in [0, 0.05) is 45.3 Å². The van der Waals surface area contributed by atoms with E-state index in [4.69, 9.17) is 10.3 Å². The van der Waals surface area contributed by atoms with Gasteiger partial charge in [0.25, 0.3) is 5.91 Å². The lowest BCUT2D eigenvalue weighted by Gasteiger charge is -2.35. The van der Waals surface area contributed by atoms with Gasteiger partial charge in [-0.1, -0.05) is 17.6 Å². The molecule has 0 spiro atoms.